The molecule has 0 bridgehead atoms. The molecule has 0 saturated heterocycles. The Morgan fingerprint density at radius 1 is 1.11 bits per heavy atom. The molecule has 0 atom stereocenters. The minimum absolute atomic E-state index is 0. The zero-order chi connectivity index (χ0) is 19.4. The first-order valence-electron chi connectivity index (χ1n) is 10.0. The summed E-state index contributed by atoms with van der Waals surface area (Å²) in [5.41, 5.74) is 0. The highest BCUT2D eigenvalue weighted by atomic mass is 127. The zero-order valence-corrected chi connectivity index (χ0v) is 19.9. The highest BCUT2D eigenvalue weighted by Crippen LogP contribution is 2.19. The van der Waals surface area contributed by atoms with Crippen LogP contribution in [0.5, 0.6) is 0 Å². The van der Waals surface area contributed by atoms with E-state index in [1.54, 1.807) is 24.3 Å². The van der Waals surface area contributed by atoms with Crippen LogP contribution in [-0.2, 0) is 14.6 Å². The first kappa shape index (κ1) is 25.2. The Morgan fingerprint density at radius 3 is 2.43 bits per heavy atom. The van der Waals surface area contributed by atoms with Crippen LogP contribution in [0, 0.1) is 0 Å². The molecule has 2 N–H and O–H groups in total. The van der Waals surface area contributed by atoms with Crippen molar-refractivity contribution < 1.29 is 13.2 Å². The number of benzene rings is 1. The van der Waals surface area contributed by atoms with E-state index in [0.717, 1.165) is 19.4 Å². The van der Waals surface area contributed by atoms with Crippen molar-refractivity contribution in [3.63, 3.8) is 0 Å². The number of rotatable bonds is 9. The first-order chi connectivity index (χ1) is 13.1. The van der Waals surface area contributed by atoms with Crippen LogP contribution < -0.4 is 10.6 Å². The summed E-state index contributed by atoms with van der Waals surface area (Å²) in [5, 5.41) is 6.24. The molecule has 1 aliphatic carbocycles. The molecular weight excluding hydrogens is 489 g/mol. The first-order valence-corrected chi connectivity index (χ1v) is 11.7. The lowest BCUT2D eigenvalue weighted by molar-refractivity contribution is 0.0487. The number of nitrogens with one attached hydrogen (secondary N) is 2. The van der Waals surface area contributed by atoms with Gasteiger partial charge in [0.1, 0.15) is 0 Å². The second kappa shape index (κ2) is 14.2. The van der Waals surface area contributed by atoms with E-state index in [-0.39, 0.29) is 29.7 Å². The van der Waals surface area contributed by atoms with E-state index < -0.39 is 9.84 Å². The van der Waals surface area contributed by atoms with Gasteiger partial charge >= 0.3 is 0 Å². The second-order valence-corrected chi connectivity index (χ2v) is 8.91. The average Bonchev–Trinajstić information content (AvgIpc) is 2.94. The quantitative estimate of drug-likeness (QED) is 0.171. The van der Waals surface area contributed by atoms with Crippen LogP contribution >= 0.6 is 24.0 Å². The van der Waals surface area contributed by atoms with Crippen LogP contribution in [-0.4, -0.2) is 52.5 Å². The summed E-state index contributed by atoms with van der Waals surface area (Å²) >= 11 is 0. The van der Waals surface area contributed by atoms with Gasteiger partial charge in [0, 0.05) is 13.1 Å². The molecule has 0 aliphatic heterocycles. The summed E-state index contributed by atoms with van der Waals surface area (Å²) in [6.45, 7) is 4.19. The van der Waals surface area contributed by atoms with Crippen molar-refractivity contribution in [1.82, 2.24) is 10.6 Å². The van der Waals surface area contributed by atoms with Gasteiger partial charge in [-0.25, -0.2) is 8.42 Å². The molecule has 2 rings (SSSR count). The fourth-order valence-electron chi connectivity index (χ4n) is 3.18. The Labute approximate surface area is 186 Å². The normalized spacial score (nSPS) is 16.1. The minimum Gasteiger partial charge on any atom is -0.376 e. The molecule has 0 spiro atoms. The Bertz CT molecular complexity index is 661. The SMILES string of the molecule is CCNC(=NCCOC1CCCCCC1)NCCS(=O)(=O)c1ccccc1.I. The van der Waals surface area contributed by atoms with Gasteiger partial charge in [-0.15, -0.1) is 24.0 Å². The Morgan fingerprint density at radius 2 is 1.79 bits per heavy atom. The fraction of sp³-hybridized carbons (Fsp3) is 0.650. The lowest BCUT2D eigenvalue weighted by Crippen LogP contribution is -2.39. The molecule has 0 heterocycles. The predicted octanol–water partition coefficient (Wildman–Crippen LogP) is 3.37. The molecule has 0 unspecified atom stereocenters. The molecule has 0 radical (unpaired) electrons. The van der Waals surface area contributed by atoms with E-state index in [9.17, 15) is 8.42 Å². The van der Waals surface area contributed by atoms with Gasteiger partial charge in [0.2, 0.25) is 0 Å². The molecule has 8 heteroatoms. The number of guanidine groups is 1. The van der Waals surface area contributed by atoms with Crippen LogP contribution in [0.4, 0.5) is 0 Å². The largest absolute Gasteiger partial charge is 0.376 e. The monoisotopic (exact) mass is 523 g/mol. The molecular formula is C20H34IN3O3S. The third-order valence-electron chi connectivity index (χ3n) is 4.63. The Balaban J connectivity index is 0.00000392. The van der Waals surface area contributed by atoms with Crippen molar-refractivity contribution in [3.05, 3.63) is 30.3 Å². The van der Waals surface area contributed by atoms with Gasteiger partial charge in [-0.2, -0.15) is 0 Å². The average molecular weight is 523 g/mol. The van der Waals surface area contributed by atoms with Crippen molar-refractivity contribution >= 4 is 39.8 Å². The molecule has 1 fully saturated rings. The maximum absolute atomic E-state index is 12.3. The molecule has 0 amide bonds. The summed E-state index contributed by atoms with van der Waals surface area (Å²) in [6.07, 6.45) is 7.83. The minimum atomic E-state index is -3.28. The van der Waals surface area contributed by atoms with Gasteiger partial charge in [-0.3, -0.25) is 4.99 Å². The summed E-state index contributed by atoms with van der Waals surface area (Å²) in [7, 11) is -3.28. The van der Waals surface area contributed by atoms with Gasteiger partial charge in [0.25, 0.3) is 0 Å². The summed E-state index contributed by atoms with van der Waals surface area (Å²) in [6, 6.07) is 8.53. The topological polar surface area (TPSA) is 79.8 Å². The molecule has 1 aromatic rings. The van der Waals surface area contributed by atoms with Gasteiger partial charge in [-0.1, -0.05) is 43.9 Å². The van der Waals surface area contributed by atoms with Crippen LogP contribution in [0.25, 0.3) is 0 Å². The van der Waals surface area contributed by atoms with E-state index in [0.29, 0.717) is 36.7 Å². The van der Waals surface area contributed by atoms with E-state index in [2.05, 4.69) is 15.6 Å². The van der Waals surface area contributed by atoms with Crippen molar-refractivity contribution in [1.29, 1.82) is 0 Å². The number of hydrogen-bond donors (Lipinski definition) is 2. The number of halogens is 1. The second-order valence-electron chi connectivity index (χ2n) is 6.80. The molecule has 1 aliphatic rings. The third-order valence-corrected chi connectivity index (χ3v) is 6.36. The summed E-state index contributed by atoms with van der Waals surface area (Å²) < 4.78 is 30.6. The number of ether oxygens (including phenoxy) is 1. The summed E-state index contributed by atoms with van der Waals surface area (Å²) in [4.78, 5) is 4.84. The highest BCUT2D eigenvalue weighted by Gasteiger charge is 2.14. The number of hydrogen-bond acceptors (Lipinski definition) is 4. The number of nitrogens with zero attached hydrogens (tertiary/aromatic N) is 1. The lowest BCUT2D eigenvalue weighted by atomic mass is 10.1. The Kier molecular flexibility index (Phi) is 12.7. The van der Waals surface area contributed by atoms with E-state index in [1.807, 2.05) is 13.0 Å². The van der Waals surface area contributed by atoms with Crippen LogP contribution in [0.2, 0.25) is 0 Å². The third kappa shape index (κ3) is 9.56. The summed E-state index contributed by atoms with van der Waals surface area (Å²) in [5.74, 6) is 0.658. The van der Waals surface area contributed by atoms with Crippen LogP contribution in [0.15, 0.2) is 40.2 Å². The maximum Gasteiger partial charge on any atom is 0.191 e. The predicted molar refractivity (Wildman–Crippen MR) is 125 cm³/mol. The molecule has 0 aromatic heterocycles. The van der Waals surface area contributed by atoms with Gasteiger partial charge in [-0.05, 0) is 31.9 Å². The van der Waals surface area contributed by atoms with E-state index >= 15 is 0 Å². The van der Waals surface area contributed by atoms with Gasteiger partial charge < -0.3 is 15.4 Å². The molecule has 1 saturated carbocycles. The fourth-order valence-corrected chi connectivity index (χ4v) is 4.35. The number of sulfone groups is 1. The number of aliphatic imine (C=N–C) groups is 1. The van der Waals surface area contributed by atoms with Crippen LogP contribution in [0.1, 0.15) is 45.4 Å². The van der Waals surface area contributed by atoms with Crippen molar-refractivity contribution in [2.45, 2.75) is 56.4 Å². The van der Waals surface area contributed by atoms with Crippen LogP contribution in [0.3, 0.4) is 0 Å². The molecule has 160 valence electrons. The van der Waals surface area contributed by atoms with E-state index in [4.69, 9.17) is 4.74 Å². The molecule has 28 heavy (non-hydrogen) atoms. The van der Waals surface area contributed by atoms with Crippen molar-refractivity contribution in [2.75, 3.05) is 32.0 Å². The van der Waals surface area contributed by atoms with E-state index in [1.165, 1.54) is 25.7 Å². The molecule has 1 aromatic carbocycles. The zero-order valence-electron chi connectivity index (χ0n) is 16.7. The highest BCUT2D eigenvalue weighted by molar-refractivity contribution is 14.0. The van der Waals surface area contributed by atoms with Gasteiger partial charge in [0.05, 0.1) is 29.9 Å². The lowest BCUT2D eigenvalue weighted by Gasteiger charge is -2.15. The maximum atomic E-state index is 12.3. The molecule has 6 nitrogen and oxygen atoms in total. The van der Waals surface area contributed by atoms with Crippen molar-refractivity contribution in [3.8, 4) is 0 Å². The van der Waals surface area contributed by atoms with Crippen molar-refractivity contribution in [2.24, 2.45) is 4.99 Å². The smallest absolute Gasteiger partial charge is 0.191 e. The Hall–Kier alpha value is -0.870. The standard InChI is InChI=1S/C20H33N3O3S.HI/c1-2-21-20(22-14-16-26-18-10-6-3-4-7-11-18)23-15-17-27(24,25)19-12-8-5-9-13-19;/h5,8-9,12-13,18H,2-4,6-7,10-11,14-17H2,1H3,(H2,21,22,23);1H. The van der Waals surface area contributed by atoms with Gasteiger partial charge in [0.15, 0.2) is 15.8 Å².